The van der Waals surface area contributed by atoms with Crippen molar-refractivity contribution in [1.29, 1.82) is 0 Å². The molecule has 2 N–H and O–H groups in total. The predicted molar refractivity (Wildman–Crippen MR) is 130 cm³/mol. The number of aryl methyl sites for hydroxylation is 2. The van der Waals surface area contributed by atoms with Crippen LogP contribution in [0.4, 0.5) is 5.69 Å². The second kappa shape index (κ2) is 11.0. The molecule has 0 spiro atoms. The summed E-state index contributed by atoms with van der Waals surface area (Å²) in [6.07, 6.45) is 0. The van der Waals surface area contributed by atoms with E-state index in [0.29, 0.717) is 28.8 Å². The Hall–Kier alpha value is -3.33. The maximum atomic E-state index is 12.6. The van der Waals surface area contributed by atoms with E-state index in [4.69, 9.17) is 4.74 Å². The summed E-state index contributed by atoms with van der Waals surface area (Å²) in [6, 6.07) is 12.5. The molecule has 0 radical (unpaired) electrons. The Labute approximate surface area is 198 Å². The molecule has 1 heterocycles. The van der Waals surface area contributed by atoms with Gasteiger partial charge in [-0.3, -0.25) is 9.59 Å². The highest BCUT2D eigenvalue weighted by atomic mass is 32.2. The quantitative estimate of drug-likeness (QED) is 0.459. The summed E-state index contributed by atoms with van der Waals surface area (Å²) in [5.41, 5.74) is 3.42. The van der Waals surface area contributed by atoms with Gasteiger partial charge in [-0.15, -0.1) is 10.2 Å². The first-order valence-corrected chi connectivity index (χ1v) is 11.7. The molecule has 0 unspecified atom stereocenters. The number of aromatic nitrogens is 3. The maximum Gasteiger partial charge on any atom is 0.251 e. The number of anilines is 1. The van der Waals surface area contributed by atoms with Gasteiger partial charge in [0.15, 0.2) is 11.0 Å². The minimum Gasteiger partial charge on any atom is -0.497 e. The molecule has 0 aliphatic rings. The highest BCUT2D eigenvalue weighted by Gasteiger charge is 2.20. The van der Waals surface area contributed by atoms with Crippen LogP contribution in [0.15, 0.2) is 47.6 Å². The van der Waals surface area contributed by atoms with Gasteiger partial charge in [-0.05, 0) is 63.1 Å². The molecule has 0 saturated heterocycles. The predicted octanol–water partition coefficient (Wildman–Crippen LogP) is 4.15. The normalized spacial score (nSPS) is 11.7. The lowest BCUT2D eigenvalue weighted by atomic mass is 10.1. The standard InChI is InChI=1S/C24H29N5O3S/c1-6-29-22(17(4)25-23(31)18-10-12-19(32-5)13-11-18)27-28-24(29)33-14-20(30)26-21-15(2)8-7-9-16(21)3/h7-13,17H,6,14H2,1-5H3,(H,25,31)(H,26,30)/t17-/m1/s1. The molecule has 0 aliphatic carbocycles. The maximum absolute atomic E-state index is 12.6. The van der Waals surface area contributed by atoms with E-state index >= 15 is 0 Å². The number of nitrogens with zero attached hydrogens (tertiary/aromatic N) is 3. The van der Waals surface area contributed by atoms with E-state index in [1.165, 1.54) is 11.8 Å². The Kier molecular flexibility index (Phi) is 8.11. The molecular weight excluding hydrogens is 438 g/mol. The Morgan fingerprint density at radius 1 is 1.09 bits per heavy atom. The number of nitrogens with one attached hydrogen (secondary N) is 2. The molecule has 0 bridgehead atoms. The summed E-state index contributed by atoms with van der Waals surface area (Å²) in [7, 11) is 1.58. The molecule has 8 nitrogen and oxygen atoms in total. The lowest BCUT2D eigenvalue weighted by Gasteiger charge is -2.15. The van der Waals surface area contributed by atoms with Crippen LogP contribution in [0.2, 0.25) is 0 Å². The van der Waals surface area contributed by atoms with E-state index in [0.717, 1.165) is 16.8 Å². The van der Waals surface area contributed by atoms with Crippen molar-refractivity contribution in [3.8, 4) is 5.75 Å². The number of thioether (sulfide) groups is 1. The molecule has 9 heteroatoms. The number of methoxy groups -OCH3 is 1. The van der Waals surface area contributed by atoms with Crippen molar-refractivity contribution in [1.82, 2.24) is 20.1 Å². The van der Waals surface area contributed by atoms with Crippen molar-refractivity contribution < 1.29 is 14.3 Å². The summed E-state index contributed by atoms with van der Waals surface area (Å²) in [4.78, 5) is 25.1. The Bertz CT molecular complexity index is 1110. The van der Waals surface area contributed by atoms with Gasteiger partial charge in [0, 0.05) is 17.8 Å². The van der Waals surface area contributed by atoms with Crippen molar-refractivity contribution in [2.75, 3.05) is 18.2 Å². The molecule has 2 aromatic carbocycles. The van der Waals surface area contributed by atoms with Gasteiger partial charge in [0.2, 0.25) is 5.91 Å². The molecule has 0 fully saturated rings. The number of ether oxygens (including phenoxy) is 1. The van der Waals surface area contributed by atoms with Crippen molar-refractivity contribution in [2.24, 2.45) is 0 Å². The molecular formula is C24H29N5O3S. The third-order valence-electron chi connectivity index (χ3n) is 5.23. The van der Waals surface area contributed by atoms with Gasteiger partial charge >= 0.3 is 0 Å². The van der Waals surface area contributed by atoms with Crippen LogP contribution < -0.4 is 15.4 Å². The molecule has 3 aromatic rings. The SMILES string of the molecule is CCn1c(SCC(=O)Nc2c(C)cccc2C)nnc1[C@@H](C)NC(=O)c1ccc(OC)cc1. The van der Waals surface area contributed by atoms with Crippen LogP contribution in [0.5, 0.6) is 5.75 Å². The summed E-state index contributed by atoms with van der Waals surface area (Å²) in [6.45, 7) is 8.39. The van der Waals surface area contributed by atoms with E-state index in [2.05, 4.69) is 20.8 Å². The lowest BCUT2D eigenvalue weighted by molar-refractivity contribution is -0.113. The average molecular weight is 468 g/mol. The third-order valence-corrected chi connectivity index (χ3v) is 6.19. The van der Waals surface area contributed by atoms with Gasteiger partial charge in [-0.1, -0.05) is 30.0 Å². The number of hydrogen-bond acceptors (Lipinski definition) is 6. The lowest BCUT2D eigenvalue weighted by Crippen LogP contribution is -2.28. The first-order chi connectivity index (χ1) is 15.8. The smallest absolute Gasteiger partial charge is 0.251 e. The Morgan fingerprint density at radius 2 is 1.76 bits per heavy atom. The molecule has 0 saturated carbocycles. The molecule has 33 heavy (non-hydrogen) atoms. The van der Waals surface area contributed by atoms with Crippen LogP contribution in [-0.4, -0.2) is 39.4 Å². The number of rotatable bonds is 9. The highest BCUT2D eigenvalue weighted by Crippen LogP contribution is 2.23. The van der Waals surface area contributed by atoms with Crippen molar-refractivity contribution in [3.63, 3.8) is 0 Å². The van der Waals surface area contributed by atoms with E-state index < -0.39 is 0 Å². The third kappa shape index (κ3) is 5.92. The highest BCUT2D eigenvalue weighted by molar-refractivity contribution is 7.99. The van der Waals surface area contributed by atoms with Gasteiger partial charge < -0.3 is 19.9 Å². The zero-order valence-electron chi connectivity index (χ0n) is 19.5. The first-order valence-electron chi connectivity index (χ1n) is 10.7. The van der Waals surface area contributed by atoms with Crippen LogP contribution in [0.25, 0.3) is 0 Å². The Morgan fingerprint density at radius 3 is 2.36 bits per heavy atom. The average Bonchev–Trinajstić information content (AvgIpc) is 3.23. The molecule has 1 aromatic heterocycles. The molecule has 1 atom stereocenters. The number of carbonyl (C=O) groups is 2. The second-order valence-electron chi connectivity index (χ2n) is 7.61. The zero-order valence-corrected chi connectivity index (χ0v) is 20.3. The summed E-state index contributed by atoms with van der Waals surface area (Å²) < 4.78 is 7.05. The molecule has 3 rings (SSSR count). The van der Waals surface area contributed by atoms with E-state index in [-0.39, 0.29) is 23.6 Å². The van der Waals surface area contributed by atoms with Crippen LogP contribution in [0, 0.1) is 13.8 Å². The van der Waals surface area contributed by atoms with Crippen molar-refractivity contribution >= 4 is 29.3 Å². The van der Waals surface area contributed by atoms with Crippen molar-refractivity contribution in [2.45, 2.75) is 45.4 Å². The fraction of sp³-hybridized carbons (Fsp3) is 0.333. The number of carbonyl (C=O) groups excluding carboxylic acids is 2. The molecule has 2 amide bonds. The number of hydrogen-bond donors (Lipinski definition) is 2. The van der Waals surface area contributed by atoms with Crippen LogP contribution in [0.3, 0.4) is 0 Å². The van der Waals surface area contributed by atoms with E-state index in [9.17, 15) is 9.59 Å². The number of benzene rings is 2. The first kappa shape index (κ1) is 24.3. The minimum absolute atomic E-state index is 0.106. The van der Waals surface area contributed by atoms with E-state index in [1.807, 2.05) is 50.5 Å². The second-order valence-corrected chi connectivity index (χ2v) is 8.55. The van der Waals surface area contributed by atoms with Crippen LogP contribution >= 0.6 is 11.8 Å². The zero-order chi connectivity index (χ0) is 24.0. The molecule has 0 aliphatic heterocycles. The topological polar surface area (TPSA) is 98.1 Å². The monoisotopic (exact) mass is 467 g/mol. The minimum atomic E-state index is -0.357. The molecule has 174 valence electrons. The summed E-state index contributed by atoms with van der Waals surface area (Å²) in [5.74, 6) is 1.22. The number of para-hydroxylation sites is 1. The van der Waals surface area contributed by atoms with Gasteiger partial charge in [-0.25, -0.2) is 0 Å². The van der Waals surface area contributed by atoms with E-state index in [1.54, 1.807) is 31.4 Å². The van der Waals surface area contributed by atoms with Crippen molar-refractivity contribution in [3.05, 3.63) is 65.0 Å². The van der Waals surface area contributed by atoms with Gasteiger partial charge in [0.05, 0.1) is 18.9 Å². The number of amides is 2. The van der Waals surface area contributed by atoms with Crippen LogP contribution in [0.1, 0.15) is 47.2 Å². The fourth-order valence-corrected chi connectivity index (χ4v) is 4.24. The van der Waals surface area contributed by atoms with Gasteiger partial charge in [0.25, 0.3) is 5.91 Å². The largest absolute Gasteiger partial charge is 0.497 e. The summed E-state index contributed by atoms with van der Waals surface area (Å²) >= 11 is 1.32. The fourth-order valence-electron chi connectivity index (χ4n) is 3.43. The Balaban J connectivity index is 1.63. The van der Waals surface area contributed by atoms with Gasteiger partial charge in [0.1, 0.15) is 5.75 Å². The van der Waals surface area contributed by atoms with Gasteiger partial charge in [-0.2, -0.15) is 0 Å². The summed E-state index contributed by atoms with van der Waals surface area (Å²) in [5, 5.41) is 15.1. The van der Waals surface area contributed by atoms with Crippen LogP contribution in [-0.2, 0) is 11.3 Å².